The molecule has 132 valence electrons. The van der Waals surface area contributed by atoms with Gasteiger partial charge in [-0.3, -0.25) is 19.3 Å². The Labute approximate surface area is 151 Å². The molecule has 0 atom stereocenters. The van der Waals surface area contributed by atoms with Gasteiger partial charge in [0.2, 0.25) is 5.13 Å². The minimum atomic E-state index is -0.557. The van der Waals surface area contributed by atoms with Crippen molar-refractivity contribution < 1.29 is 9.53 Å². The predicted molar refractivity (Wildman–Crippen MR) is 96.6 cm³/mol. The second kappa shape index (κ2) is 6.62. The van der Waals surface area contributed by atoms with Gasteiger partial charge >= 0.3 is 0 Å². The van der Waals surface area contributed by atoms with E-state index in [1.54, 1.807) is 7.11 Å². The normalized spacial score (nSPS) is 11.8. The van der Waals surface area contributed by atoms with Crippen LogP contribution in [-0.2, 0) is 16.8 Å². The maximum Gasteiger partial charge on any atom is 0.271 e. The fourth-order valence-corrected chi connectivity index (χ4v) is 4.00. The summed E-state index contributed by atoms with van der Waals surface area (Å²) in [6.07, 6.45) is 1.30. The number of amides is 1. The molecule has 0 unspecified atom stereocenters. The summed E-state index contributed by atoms with van der Waals surface area (Å²) in [7, 11) is 1.55. The van der Waals surface area contributed by atoms with E-state index in [0.717, 1.165) is 5.69 Å². The van der Waals surface area contributed by atoms with Gasteiger partial charge in [0.05, 0.1) is 0 Å². The molecule has 3 aromatic heterocycles. The molecule has 25 heavy (non-hydrogen) atoms. The van der Waals surface area contributed by atoms with Crippen molar-refractivity contribution in [1.29, 1.82) is 0 Å². The second-order valence-corrected chi connectivity index (χ2v) is 8.25. The molecular weight excluding hydrogens is 362 g/mol. The van der Waals surface area contributed by atoms with Crippen LogP contribution in [0.4, 0.5) is 5.13 Å². The van der Waals surface area contributed by atoms with Crippen LogP contribution in [0.1, 0.15) is 41.8 Å². The zero-order valence-electron chi connectivity index (χ0n) is 14.2. The summed E-state index contributed by atoms with van der Waals surface area (Å²) in [6, 6.07) is 0. The van der Waals surface area contributed by atoms with Crippen LogP contribution in [0, 0.1) is 0 Å². The van der Waals surface area contributed by atoms with Crippen molar-refractivity contribution in [1.82, 2.24) is 19.6 Å². The number of rotatable bonds is 4. The van der Waals surface area contributed by atoms with E-state index in [1.165, 1.54) is 33.3 Å². The number of fused-ring (bicyclic) bond motifs is 1. The number of ether oxygens (including phenoxy) is 1. The summed E-state index contributed by atoms with van der Waals surface area (Å²) >= 11 is 2.57. The number of carbonyl (C=O) groups excluding carboxylic acids is 1. The summed E-state index contributed by atoms with van der Waals surface area (Å²) < 4.78 is 6.46. The first-order chi connectivity index (χ1) is 11.8. The number of hydrogen-bond acceptors (Lipinski definition) is 8. The molecule has 0 fully saturated rings. The third-order valence-electron chi connectivity index (χ3n) is 3.41. The van der Waals surface area contributed by atoms with Crippen LogP contribution in [0.25, 0.3) is 4.96 Å². The molecule has 1 N–H and O–H groups in total. The minimum Gasteiger partial charge on any atom is -0.377 e. The summed E-state index contributed by atoms with van der Waals surface area (Å²) in [5, 5.41) is 13.2. The highest BCUT2D eigenvalue weighted by atomic mass is 32.1. The van der Waals surface area contributed by atoms with E-state index < -0.39 is 11.5 Å². The Morgan fingerprint density at radius 3 is 2.80 bits per heavy atom. The lowest BCUT2D eigenvalue weighted by atomic mass is 9.93. The van der Waals surface area contributed by atoms with Gasteiger partial charge in [-0.15, -0.1) is 21.5 Å². The summed E-state index contributed by atoms with van der Waals surface area (Å²) in [5.41, 5.74) is 0.144. The van der Waals surface area contributed by atoms with Crippen molar-refractivity contribution in [2.75, 3.05) is 12.4 Å². The molecule has 0 spiro atoms. The van der Waals surface area contributed by atoms with Crippen LogP contribution in [0.3, 0.4) is 0 Å². The lowest BCUT2D eigenvalue weighted by Gasteiger charge is -2.17. The van der Waals surface area contributed by atoms with Crippen molar-refractivity contribution in [2.24, 2.45) is 0 Å². The number of anilines is 1. The molecule has 0 aromatic carbocycles. The third-order valence-corrected chi connectivity index (χ3v) is 5.07. The summed E-state index contributed by atoms with van der Waals surface area (Å²) in [6.45, 7) is 6.33. The van der Waals surface area contributed by atoms with Crippen LogP contribution >= 0.6 is 22.7 Å². The molecule has 0 saturated heterocycles. The van der Waals surface area contributed by atoms with Gasteiger partial charge in [0.25, 0.3) is 11.5 Å². The highest BCUT2D eigenvalue weighted by Gasteiger charge is 2.23. The van der Waals surface area contributed by atoms with E-state index in [1.807, 2.05) is 26.2 Å². The van der Waals surface area contributed by atoms with E-state index in [4.69, 9.17) is 4.74 Å². The first-order valence-corrected chi connectivity index (χ1v) is 9.13. The van der Waals surface area contributed by atoms with Gasteiger partial charge in [-0.25, -0.2) is 4.98 Å². The van der Waals surface area contributed by atoms with Crippen LogP contribution in [0.15, 0.2) is 16.4 Å². The van der Waals surface area contributed by atoms with Gasteiger partial charge in [-0.2, -0.15) is 0 Å². The molecule has 3 heterocycles. The number of hydrogen-bond donors (Lipinski definition) is 1. The first-order valence-electron chi connectivity index (χ1n) is 7.43. The van der Waals surface area contributed by atoms with E-state index >= 15 is 0 Å². The Kier molecular flexibility index (Phi) is 4.67. The predicted octanol–water partition coefficient (Wildman–Crippen LogP) is 2.30. The number of carbonyl (C=O) groups is 1. The second-order valence-electron chi connectivity index (χ2n) is 6.35. The molecule has 0 aliphatic heterocycles. The minimum absolute atomic E-state index is 0.0371. The molecule has 10 heteroatoms. The monoisotopic (exact) mass is 379 g/mol. The van der Waals surface area contributed by atoms with Crippen LogP contribution < -0.4 is 10.9 Å². The third kappa shape index (κ3) is 3.46. The van der Waals surface area contributed by atoms with Gasteiger partial charge < -0.3 is 4.74 Å². The highest BCUT2D eigenvalue weighted by molar-refractivity contribution is 7.15. The lowest BCUT2D eigenvalue weighted by molar-refractivity contribution is 0.102. The van der Waals surface area contributed by atoms with E-state index in [-0.39, 0.29) is 11.0 Å². The molecule has 0 aliphatic rings. The average Bonchev–Trinajstić information content (AvgIpc) is 3.14. The van der Waals surface area contributed by atoms with Gasteiger partial charge in [0.15, 0.2) is 4.96 Å². The van der Waals surface area contributed by atoms with Crippen molar-refractivity contribution in [3.8, 4) is 0 Å². The molecule has 0 radical (unpaired) electrons. The summed E-state index contributed by atoms with van der Waals surface area (Å²) in [5.74, 6) is -0.557. The Morgan fingerprint density at radius 2 is 2.12 bits per heavy atom. The quantitative estimate of drug-likeness (QED) is 0.747. The fraction of sp³-hybridized carbons (Fsp3) is 0.400. The molecule has 0 saturated carbocycles. The molecule has 8 nitrogen and oxygen atoms in total. The smallest absolute Gasteiger partial charge is 0.271 e. The fourth-order valence-electron chi connectivity index (χ4n) is 2.22. The van der Waals surface area contributed by atoms with Gasteiger partial charge in [-0.1, -0.05) is 32.1 Å². The maximum absolute atomic E-state index is 12.8. The number of nitrogens with one attached hydrogen (secondary N) is 1. The van der Waals surface area contributed by atoms with E-state index in [0.29, 0.717) is 21.7 Å². The Morgan fingerprint density at radius 1 is 1.36 bits per heavy atom. The number of aromatic nitrogens is 4. The maximum atomic E-state index is 12.8. The van der Waals surface area contributed by atoms with Gasteiger partial charge in [0.1, 0.15) is 17.2 Å². The molecule has 1 amide bonds. The number of nitrogens with zero attached hydrogens (tertiary/aromatic N) is 4. The van der Waals surface area contributed by atoms with Crippen LogP contribution in [0.5, 0.6) is 0 Å². The van der Waals surface area contributed by atoms with Crippen molar-refractivity contribution in [3.05, 3.63) is 38.2 Å². The van der Waals surface area contributed by atoms with Crippen molar-refractivity contribution in [2.45, 2.75) is 32.8 Å². The first kappa shape index (κ1) is 17.6. The Balaban J connectivity index is 1.96. The molecule has 0 aliphatic carbocycles. The van der Waals surface area contributed by atoms with Crippen LogP contribution in [0.2, 0.25) is 0 Å². The Bertz CT molecular complexity index is 983. The van der Waals surface area contributed by atoms with Gasteiger partial charge in [-0.05, 0) is 0 Å². The largest absolute Gasteiger partial charge is 0.377 e. The Hall–Kier alpha value is -2.17. The zero-order valence-corrected chi connectivity index (χ0v) is 15.8. The van der Waals surface area contributed by atoms with E-state index in [9.17, 15) is 9.59 Å². The van der Waals surface area contributed by atoms with E-state index in [2.05, 4.69) is 20.5 Å². The molecule has 0 bridgehead atoms. The molecule has 3 aromatic rings. The molecular formula is C15H17N5O3S2. The number of thiazole rings is 1. The number of methoxy groups -OCH3 is 1. The zero-order chi connectivity index (χ0) is 18.2. The van der Waals surface area contributed by atoms with Crippen molar-refractivity contribution >= 4 is 38.7 Å². The SMILES string of the molecule is COCc1nnc(NC(=O)c2cnc3scc(C(C)(C)C)n3c2=O)s1. The van der Waals surface area contributed by atoms with Crippen LogP contribution in [-0.4, -0.2) is 32.6 Å². The highest BCUT2D eigenvalue weighted by Crippen LogP contribution is 2.25. The van der Waals surface area contributed by atoms with Crippen molar-refractivity contribution in [3.63, 3.8) is 0 Å². The van der Waals surface area contributed by atoms with Gasteiger partial charge in [0, 0.05) is 29.8 Å². The summed E-state index contributed by atoms with van der Waals surface area (Å²) in [4.78, 5) is 30.1. The average molecular weight is 379 g/mol. The topological polar surface area (TPSA) is 98.5 Å². The standard InChI is InChI=1S/C15H17N5O3S2/c1-15(2,3)9-7-24-14-16-5-8(12(22)20(9)14)11(21)17-13-19-18-10(25-13)6-23-4/h5,7H,6H2,1-4H3,(H,17,19,21). The molecule has 3 rings (SSSR count). The lowest BCUT2D eigenvalue weighted by Crippen LogP contribution is -2.29.